The van der Waals surface area contributed by atoms with E-state index in [1.165, 1.54) is 12.1 Å². The smallest absolute Gasteiger partial charge is 0.391 e. The van der Waals surface area contributed by atoms with Crippen molar-refractivity contribution in [2.24, 2.45) is 0 Å². The number of hydrogen-bond acceptors (Lipinski definition) is 12. The number of nitrogens with zero attached hydrogens (tertiary/aromatic N) is 5. The maximum atomic E-state index is 13.4. The first-order valence-electron chi connectivity index (χ1n) is 10.0. The number of aliphatic carboxylic acids is 1. The van der Waals surface area contributed by atoms with Crippen LogP contribution in [0.3, 0.4) is 0 Å². The summed E-state index contributed by atoms with van der Waals surface area (Å²) in [5.41, 5.74) is -0.338. The van der Waals surface area contributed by atoms with Crippen LogP contribution in [0.4, 0.5) is 0 Å². The fourth-order valence-electron chi connectivity index (χ4n) is 3.75. The largest absolute Gasteiger partial charge is 0.619 e. The number of thioether (sulfide) groups is 2. The van der Waals surface area contributed by atoms with Gasteiger partial charge in [0.15, 0.2) is 17.4 Å². The van der Waals surface area contributed by atoms with Crippen molar-refractivity contribution >= 4 is 51.4 Å². The second-order valence-electron chi connectivity index (χ2n) is 7.72. The number of nitrogens with one attached hydrogen (secondary N) is 1. The van der Waals surface area contributed by atoms with Gasteiger partial charge < -0.3 is 20.7 Å². The first-order chi connectivity index (χ1) is 16.9. The Kier molecular flexibility index (Phi) is 7.19. The van der Waals surface area contributed by atoms with Gasteiger partial charge in [0.2, 0.25) is 16.9 Å². The average Bonchev–Trinajstić information content (AvgIpc) is 3.25. The lowest BCUT2D eigenvalue weighted by molar-refractivity contribution is -0.805. The molecule has 2 aliphatic rings. The maximum Gasteiger partial charge on any atom is 0.391 e. The Morgan fingerprint density at radius 3 is 2.67 bits per heavy atom. The number of hydrogen-bond donors (Lipinski definition) is 4. The fourth-order valence-corrected chi connectivity index (χ4v) is 6.74. The number of carbonyl (C=O) groups excluding carboxylic acids is 2. The van der Waals surface area contributed by atoms with Crippen LogP contribution in [0.25, 0.3) is 0 Å². The summed E-state index contributed by atoms with van der Waals surface area (Å²) in [4.78, 5) is 37.3. The van der Waals surface area contributed by atoms with Gasteiger partial charge in [0.05, 0.1) is 0 Å². The molecule has 1 unspecified atom stereocenters. The van der Waals surface area contributed by atoms with E-state index in [2.05, 4.69) is 20.8 Å². The van der Waals surface area contributed by atoms with Gasteiger partial charge in [0, 0.05) is 17.1 Å². The molecule has 4 rings (SSSR count). The van der Waals surface area contributed by atoms with Gasteiger partial charge in [-0.3, -0.25) is 9.35 Å². The molecule has 3 heterocycles. The third-order valence-electron chi connectivity index (χ3n) is 5.36. The number of amides is 2. The Bertz CT molecular complexity index is 1350. The number of aliphatic hydroxyl groups is 1. The Hall–Kier alpha value is -2.87. The Balaban J connectivity index is 1.51. The van der Waals surface area contributed by atoms with E-state index >= 15 is 0 Å². The lowest BCUT2D eigenvalue weighted by Gasteiger charge is -2.57. The van der Waals surface area contributed by atoms with Crippen LogP contribution < -0.4 is 5.32 Å². The van der Waals surface area contributed by atoms with Crippen LogP contribution in [-0.4, -0.2) is 88.7 Å². The molecule has 0 radical (unpaired) electrons. The Morgan fingerprint density at radius 2 is 2.03 bits per heavy atom. The van der Waals surface area contributed by atoms with E-state index in [1.54, 1.807) is 18.2 Å². The van der Waals surface area contributed by atoms with Gasteiger partial charge >= 0.3 is 11.9 Å². The molecule has 36 heavy (non-hydrogen) atoms. The third-order valence-corrected chi connectivity index (χ3v) is 8.40. The zero-order valence-electron chi connectivity index (χ0n) is 18.0. The summed E-state index contributed by atoms with van der Waals surface area (Å²) in [5.74, 6) is -4.70. The molecule has 2 aliphatic heterocycles. The van der Waals surface area contributed by atoms with Crippen molar-refractivity contribution in [2.75, 3.05) is 11.5 Å². The summed E-state index contributed by atoms with van der Waals surface area (Å²) in [6.45, 7) is 0. The predicted molar refractivity (Wildman–Crippen MR) is 123 cm³/mol. The molecular formula is C18H18N6O9S3. The van der Waals surface area contributed by atoms with Crippen molar-refractivity contribution in [1.29, 1.82) is 0 Å². The third kappa shape index (κ3) is 4.88. The molecule has 4 N–H and O–H groups in total. The van der Waals surface area contributed by atoms with Crippen LogP contribution in [0.5, 0.6) is 0 Å². The Labute approximate surface area is 211 Å². The highest BCUT2D eigenvalue weighted by molar-refractivity contribution is 8.00. The Morgan fingerprint density at radius 1 is 1.33 bits per heavy atom. The number of carboxylic acid groups (broad SMARTS) is 1. The maximum absolute atomic E-state index is 13.4. The van der Waals surface area contributed by atoms with E-state index in [-0.39, 0.29) is 27.8 Å². The molecule has 0 spiro atoms. The molecule has 4 atom stereocenters. The number of hydroxylamine groups is 3. The number of benzene rings is 1. The normalized spacial score (nSPS) is 24.6. The van der Waals surface area contributed by atoms with Crippen molar-refractivity contribution < 1.29 is 42.2 Å². The average molecular weight is 559 g/mol. The lowest BCUT2D eigenvalue weighted by Crippen LogP contribution is -2.79. The molecule has 1 fully saturated rings. The molecule has 1 aromatic heterocycles. The summed E-state index contributed by atoms with van der Waals surface area (Å²) in [6, 6.07) is 6.64. The number of quaternary nitrogens is 1. The number of tetrazole rings is 1. The number of aliphatic hydroxyl groups excluding tert-OH is 1. The van der Waals surface area contributed by atoms with Crippen molar-refractivity contribution in [3.05, 3.63) is 52.4 Å². The van der Waals surface area contributed by atoms with Gasteiger partial charge in [-0.2, -0.15) is 8.42 Å². The highest BCUT2D eigenvalue weighted by Crippen LogP contribution is 2.47. The molecule has 1 saturated heterocycles. The minimum Gasteiger partial charge on any atom is -0.619 e. The number of β-lactam (4-membered cyclic amide) rings is 1. The van der Waals surface area contributed by atoms with Gasteiger partial charge in [-0.15, -0.1) is 5.10 Å². The molecule has 0 saturated carbocycles. The summed E-state index contributed by atoms with van der Waals surface area (Å²) in [6.07, 6.45) is -1.59. The fraction of sp³-hybridized carbons (Fsp3) is 0.333. The van der Waals surface area contributed by atoms with Gasteiger partial charge in [-0.05, 0) is 16.0 Å². The standard InChI is InChI=1S/C18H18N6O9S3/c25-13(9-4-2-1-3-5-9)14(26)19-11-15(27)24(30)12(17(28)29)10(6-34-16(11)24)7-35-18-20-21-22-23(18)8-36(31,32)33/h1-5,11,13,16,25H,6-8H2,(H,19,26)(H,28,29)(H,31,32,33)/t11-,13-,16-,24?/m1/s1. The molecule has 2 amide bonds. The minimum absolute atomic E-state index is 0.0162. The number of rotatable bonds is 9. The van der Waals surface area contributed by atoms with E-state index in [0.717, 1.165) is 28.2 Å². The quantitative estimate of drug-likeness (QED) is 0.0962. The number of aromatic nitrogens is 4. The molecule has 1 aromatic carbocycles. The predicted octanol–water partition coefficient (Wildman–Crippen LogP) is -0.905. The van der Waals surface area contributed by atoms with Crippen molar-refractivity contribution in [2.45, 2.75) is 28.6 Å². The van der Waals surface area contributed by atoms with Crippen molar-refractivity contribution in [3.8, 4) is 0 Å². The van der Waals surface area contributed by atoms with E-state index in [0.29, 0.717) is 0 Å². The summed E-state index contributed by atoms with van der Waals surface area (Å²) in [5, 5.41) is 44.9. The van der Waals surface area contributed by atoms with Crippen molar-refractivity contribution in [3.63, 3.8) is 0 Å². The van der Waals surface area contributed by atoms with Crippen LogP contribution in [0.15, 0.2) is 46.8 Å². The second kappa shape index (κ2) is 9.88. The number of fused-ring (bicyclic) bond motifs is 1. The molecule has 15 nitrogen and oxygen atoms in total. The van der Waals surface area contributed by atoms with Crippen LogP contribution in [-0.2, 0) is 30.4 Å². The topological polar surface area (TPSA) is 225 Å². The van der Waals surface area contributed by atoms with E-state index in [1.807, 2.05) is 0 Å². The molecule has 192 valence electrons. The van der Waals surface area contributed by atoms with Crippen molar-refractivity contribution in [1.82, 2.24) is 25.5 Å². The van der Waals surface area contributed by atoms with E-state index in [9.17, 15) is 38.2 Å². The monoisotopic (exact) mass is 558 g/mol. The van der Waals surface area contributed by atoms with Gasteiger partial charge in [0.1, 0.15) is 0 Å². The van der Waals surface area contributed by atoms with Crippen LogP contribution in [0, 0.1) is 5.21 Å². The molecule has 2 aromatic rings. The molecule has 0 aliphatic carbocycles. The number of carbonyl (C=O) groups is 3. The van der Waals surface area contributed by atoms with Crippen LogP contribution >= 0.6 is 23.5 Å². The highest BCUT2D eigenvalue weighted by Gasteiger charge is 2.66. The lowest BCUT2D eigenvalue weighted by atomic mass is 10.0. The zero-order chi connectivity index (χ0) is 26.3. The van der Waals surface area contributed by atoms with Gasteiger partial charge in [-0.1, -0.05) is 53.9 Å². The minimum atomic E-state index is -4.45. The molecular weight excluding hydrogens is 540 g/mol. The molecule has 18 heteroatoms. The molecule has 0 bridgehead atoms. The zero-order valence-corrected chi connectivity index (χ0v) is 20.4. The first kappa shape index (κ1) is 26.2. The summed E-state index contributed by atoms with van der Waals surface area (Å²) in [7, 11) is -4.45. The van der Waals surface area contributed by atoms with Crippen LogP contribution in [0.2, 0.25) is 0 Å². The van der Waals surface area contributed by atoms with Gasteiger partial charge in [-0.25, -0.2) is 18.9 Å². The second-order valence-corrected chi connectivity index (χ2v) is 11.2. The highest BCUT2D eigenvalue weighted by atomic mass is 32.2. The van der Waals surface area contributed by atoms with Crippen LogP contribution in [0.1, 0.15) is 11.7 Å². The SMILES string of the molecule is O=C(O)C1=C(CSc2nnnn2CS(=O)(=O)O)CS[C@@H]2[C@H](NC(=O)[C@H](O)c3ccccc3)C(=O)[N+]12[O-]. The summed E-state index contributed by atoms with van der Waals surface area (Å²) >= 11 is 1.78. The van der Waals surface area contributed by atoms with E-state index in [4.69, 9.17) is 4.55 Å². The summed E-state index contributed by atoms with van der Waals surface area (Å²) < 4.78 is 30.2. The number of carboxylic acids is 1. The van der Waals surface area contributed by atoms with E-state index < -0.39 is 61.6 Å². The first-order valence-corrected chi connectivity index (χ1v) is 13.7. The van der Waals surface area contributed by atoms with Gasteiger partial charge in [0.25, 0.3) is 16.0 Å².